The zero-order valence-corrected chi connectivity index (χ0v) is 22.3. The van der Waals surface area contributed by atoms with Crippen LogP contribution in [0.4, 0.5) is 5.69 Å². The van der Waals surface area contributed by atoms with Gasteiger partial charge in [-0.2, -0.15) is 4.57 Å². The van der Waals surface area contributed by atoms with E-state index >= 15 is 0 Å². The van der Waals surface area contributed by atoms with Crippen LogP contribution in [0.3, 0.4) is 0 Å². The number of phenolic OH excluding ortho intramolecular Hbond substituents is 1. The molecule has 4 aromatic rings. The van der Waals surface area contributed by atoms with Gasteiger partial charge in [0.05, 0.1) is 33.3 Å². The van der Waals surface area contributed by atoms with E-state index in [2.05, 4.69) is 0 Å². The second-order valence-corrected chi connectivity index (χ2v) is 12.4. The molecular weight excluding hydrogens is 532 g/mol. The lowest BCUT2D eigenvalue weighted by atomic mass is 10.1. The topological polar surface area (TPSA) is 122 Å². The first-order chi connectivity index (χ1) is 17.6. The van der Waals surface area contributed by atoms with Crippen molar-refractivity contribution in [3.05, 3.63) is 64.1 Å². The van der Waals surface area contributed by atoms with Crippen molar-refractivity contribution < 1.29 is 32.5 Å². The first-order valence-corrected chi connectivity index (χ1v) is 14.8. The Balaban J connectivity index is 1.63. The van der Waals surface area contributed by atoms with Gasteiger partial charge in [0, 0.05) is 41.1 Å². The van der Waals surface area contributed by atoms with Crippen LogP contribution in [0, 0.1) is 6.92 Å². The highest BCUT2D eigenvalue weighted by Gasteiger charge is 2.29. The lowest BCUT2D eigenvalue weighted by Gasteiger charge is -2.19. The quantitative estimate of drug-likeness (QED) is 0.237. The number of carboxylic acids is 1. The molecule has 0 spiro atoms. The molecule has 1 aromatic heterocycles. The molecule has 0 bridgehead atoms. The fraction of sp³-hybridized carbons (Fsp3) is 0.231. The van der Waals surface area contributed by atoms with E-state index in [0.29, 0.717) is 6.54 Å². The summed E-state index contributed by atoms with van der Waals surface area (Å²) >= 11 is 3.06. The third-order valence-electron chi connectivity index (χ3n) is 6.24. The number of carbonyl (C=O) groups is 1. The van der Waals surface area contributed by atoms with Crippen molar-refractivity contribution in [1.82, 2.24) is 0 Å². The molecule has 0 amide bonds. The Morgan fingerprint density at radius 1 is 1.19 bits per heavy atom. The van der Waals surface area contributed by atoms with Crippen LogP contribution in [0.25, 0.3) is 27.1 Å². The monoisotopic (exact) mass is 556 g/mol. The predicted molar refractivity (Wildman–Crippen MR) is 145 cm³/mol. The number of benzene rings is 3. The number of rotatable bonds is 8. The van der Waals surface area contributed by atoms with Crippen molar-refractivity contribution in [2.24, 2.45) is 0 Å². The lowest BCUT2D eigenvalue weighted by Crippen LogP contribution is -2.36. The Morgan fingerprint density at radius 3 is 2.73 bits per heavy atom. The molecule has 11 heteroatoms. The van der Waals surface area contributed by atoms with E-state index in [1.54, 1.807) is 17.4 Å². The molecule has 0 atom stereocenters. The lowest BCUT2D eigenvalue weighted by molar-refractivity contribution is -0.668. The number of phenols is 1. The van der Waals surface area contributed by atoms with E-state index in [9.17, 15) is 28.0 Å². The average Bonchev–Trinajstić information content (AvgIpc) is 3.34. The Hall–Kier alpha value is -3.12. The number of hydrogen-bond acceptors (Lipinski definition) is 8. The van der Waals surface area contributed by atoms with Gasteiger partial charge in [0.1, 0.15) is 10.4 Å². The summed E-state index contributed by atoms with van der Waals surface area (Å²) in [6.07, 6.45) is 2.07. The predicted octanol–water partition coefficient (Wildman–Crippen LogP) is 4.68. The standard InChI is InChI=1S/C26H24N2O6S3/c1-16-13-22-20(14-21(16)29)28(11-9-25(30)31)23(35-22)15-24-27(10-4-12-37(32,33)34)19-8-7-17-5-2-3-6-18(17)26(19)36-24/h2-3,5-8,13-15H,4,9-12H2,1H3,(H2-,29,30,31,32,33,34). The highest BCUT2D eigenvalue weighted by molar-refractivity contribution is 8.03. The number of carboxylic acid groups (broad SMARTS) is 1. The molecule has 8 nitrogen and oxygen atoms in total. The Kier molecular flexibility index (Phi) is 6.88. The third kappa shape index (κ3) is 5.30. The van der Waals surface area contributed by atoms with Gasteiger partial charge in [-0.25, -0.2) is 8.42 Å². The van der Waals surface area contributed by atoms with Crippen molar-refractivity contribution in [2.75, 3.05) is 17.2 Å². The molecule has 192 valence electrons. The highest BCUT2D eigenvalue weighted by atomic mass is 32.2. The number of anilines is 1. The zero-order chi connectivity index (χ0) is 26.3. The van der Waals surface area contributed by atoms with Crippen molar-refractivity contribution >= 4 is 71.9 Å². The molecule has 0 fully saturated rings. The average molecular weight is 557 g/mol. The largest absolute Gasteiger partial charge is 0.748 e. The molecule has 1 aliphatic rings. The second-order valence-electron chi connectivity index (χ2n) is 8.83. The molecule has 2 heterocycles. The first kappa shape index (κ1) is 25.5. The Bertz CT molecular complexity index is 1680. The molecule has 1 aliphatic heterocycles. The minimum Gasteiger partial charge on any atom is -0.748 e. The van der Waals surface area contributed by atoms with Crippen molar-refractivity contribution in [2.45, 2.75) is 31.2 Å². The minimum absolute atomic E-state index is 0.0790. The zero-order valence-electron chi connectivity index (χ0n) is 19.9. The second kappa shape index (κ2) is 9.97. The Morgan fingerprint density at radius 2 is 1.97 bits per heavy atom. The molecule has 3 aromatic carbocycles. The van der Waals surface area contributed by atoms with Crippen molar-refractivity contribution in [1.29, 1.82) is 0 Å². The number of aliphatic carboxylic acids is 1. The van der Waals surface area contributed by atoms with Gasteiger partial charge in [0.2, 0.25) is 5.52 Å². The van der Waals surface area contributed by atoms with Gasteiger partial charge in [-0.1, -0.05) is 47.4 Å². The number of fused-ring (bicyclic) bond motifs is 4. The van der Waals surface area contributed by atoms with Gasteiger partial charge in [0.25, 0.3) is 5.01 Å². The third-order valence-corrected chi connectivity index (χ3v) is 9.31. The summed E-state index contributed by atoms with van der Waals surface area (Å²) in [5.74, 6) is -1.23. The molecule has 0 saturated heterocycles. The molecule has 37 heavy (non-hydrogen) atoms. The smallest absolute Gasteiger partial charge is 0.305 e. The molecular formula is C26H24N2O6S3. The number of thioether (sulfide) groups is 1. The van der Waals surface area contributed by atoms with Gasteiger partial charge in [-0.05, 0) is 30.0 Å². The van der Waals surface area contributed by atoms with Crippen LogP contribution in [-0.4, -0.2) is 41.5 Å². The van der Waals surface area contributed by atoms with E-state index in [1.165, 1.54) is 11.8 Å². The summed E-state index contributed by atoms with van der Waals surface area (Å²) in [6, 6.07) is 15.6. The van der Waals surface area contributed by atoms with Crippen LogP contribution in [0.15, 0.2) is 58.5 Å². The van der Waals surface area contributed by atoms with Crippen LogP contribution in [0.2, 0.25) is 0 Å². The van der Waals surface area contributed by atoms with E-state index in [0.717, 1.165) is 47.2 Å². The van der Waals surface area contributed by atoms with E-state index in [4.69, 9.17) is 0 Å². The summed E-state index contributed by atoms with van der Waals surface area (Å²) in [7, 11) is -4.34. The van der Waals surface area contributed by atoms with Crippen molar-refractivity contribution in [3.8, 4) is 5.75 Å². The molecule has 5 rings (SSSR count). The van der Waals surface area contributed by atoms with Crippen LogP contribution in [0.1, 0.15) is 23.4 Å². The molecule has 0 radical (unpaired) electrons. The number of aromatic nitrogens is 1. The number of thiazole rings is 1. The maximum Gasteiger partial charge on any atom is 0.305 e. The maximum atomic E-state index is 11.4. The van der Waals surface area contributed by atoms with E-state index in [1.807, 2.05) is 64.9 Å². The van der Waals surface area contributed by atoms with Gasteiger partial charge >= 0.3 is 5.97 Å². The van der Waals surface area contributed by atoms with Crippen LogP contribution < -0.4 is 9.47 Å². The minimum atomic E-state index is -4.34. The van der Waals surface area contributed by atoms with Crippen molar-refractivity contribution in [3.63, 3.8) is 0 Å². The summed E-state index contributed by atoms with van der Waals surface area (Å²) < 4.78 is 36.8. The fourth-order valence-corrected chi connectivity index (χ4v) is 7.48. The summed E-state index contributed by atoms with van der Waals surface area (Å²) in [4.78, 5) is 14.2. The summed E-state index contributed by atoms with van der Waals surface area (Å²) in [5.41, 5.74) is 2.41. The number of nitrogens with zero attached hydrogens (tertiary/aromatic N) is 2. The van der Waals surface area contributed by atoms with Crippen LogP contribution in [-0.2, 0) is 21.5 Å². The van der Waals surface area contributed by atoms with Gasteiger partial charge in [-0.15, -0.1) is 0 Å². The normalized spacial score (nSPS) is 14.6. The molecule has 0 saturated carbocycles. The molecule has 2 N–H and O–H groups in total. The maximum absolute atomic E-state index is 11.4. The van der Waals surface area contributed by atoms with Crippen LogP contribution in [0.5, 0.6) is 5.75 Å². The van der Waals surface area contributed by atoms with Gasteiger partial charge in [-0.3, -0.25) is 4.79 Å². The number of aromatic hydroxyl groups is 1. The van der Waals surface area contributed by atoms with Gasteiger partial charge in [0.15, 0.2) is 6.54 Å². The first-order valence-electron chi connectivity index (χ1n) is 11.6. The molecule has 0 unspecified atom stereocenters. The van der Waals surface area contributed by atoms with Crippen LogP contribution >= 0.6 is 23.1 Å². The SMILES string of the molecule is Cc1cc2c(cc1O)N(CCC(=O)O)C(=Cc1sc3c4ccccc4ccc3[n+]1CCCS(=O)(=O)[O-])S2. The number of hydrogen-bond donors (Lipinski definition) is 2. The summed E-state index contributed by atoms with van der Waals surface area (Å²) in [6.45, 7) is 2.38. The molecule has 0 aliphatic carbocycles. The van der Waals surface area contributed by atoms with Gasteiger partial charge < -0.3 is 19.7 Å². The Labute approximate surface area is 222 Å². The van der Waals surface area contributed by atoms with E-state index in [-0.39, 0.29) is 25.1 Å². The number of aryl methyl sites for hydroxylation is 2. The highest BCUT2D eigenvalue weighted by Crippen LogP contribution is 2.49. The van der Waals surface area contributed by atoms with E-state index < -0.39 is 21.8 Å². The fourth-order valence-electron chi connectivity index (χ4n) is 4.46. The summed E-state index contributed by atoms with van der Waals surface area (Å²) in [5, 5.41) is 23.4.